The maximum absolute atomic E-state index is 12.6. The van der Waals surface area contributed by atoms with Gasteiger partial charge in [-0.3, -0.25) is 19.3 Å². The molecule has 0 radical (unpaired) electrons. The Balaban J connectivity index is 2.92. The number of para-hydroxylation sites is 1. The number of esters is 1. The smallest absolute Gasteiger partial charge is 0.325 e. The van der Waals surface area contributed by atoms with Gasteiger partial charge in [0.15, 0.2) is 5.12 Å². The van der Waals surface area contributed by atoms with Crippen LogP contribution in [0.2, 0.25) is 0 Å². The van der Waals surface area contributed by atoms with Crippen LogP contribution in [0.15, 0.2) is 18.2 Å². The molecule has 0 saturated heterocycles. The van der Waals surface area contributed by atoms with Gasteiger partial charge in [0.1, 0.15) is 6.54 Å². The van der Waals surface area contributed by atoms with Gasteiger partial charge in [0.25, 0.3) is 0 Å². The molecule has 0 aliphatic carbocycles. The standard InChI is InChI=1S/C18H25NO4S/c1-5-6-10-17(22)24-12-15(20)19(11-16(21)23-4)18-13(2)8-7-9-14(18)3/h7-9H,5-6,10-12H2,1-4H3. The molecule has 0 heterocycles. The molecule has 132 valence electrons. The fourth-order valence-electron chi connectivity index (χ4n) is 2.33. The van der Waals surface area contributed by atoms with Crippen LogP contribution in [0.3, 0.4) is 0 Å². The van der Waals surface area contributed by atoms with E-state index >= 15 is 0 Å². The van der Waals surface area contributed by atoms with Gasteiger partial charge < -0.3 is 4.74 Å². The average molecular weight is 351 g/mol. The minimum absolute atomic E-state index is 0.00437. The Labute approximate surface area is 147 Å². The number of rotatable bonds is 8. The first-order valence-corrected chi connectivity index (χ1v) is 8.98. The van der Waals surface area contributed by atoms with Gasteiger partial charge in [-0.1, -0.05) is 43.3 Å². The van der Waals surface area contributed by atoms with E-state index < -0.39 is 5.97 Å². The molecule has 1 rings (SSSR count). The summed E-state index contributed by atoms with van der Waals surface area (Å²) < 4.78 is 4.70. The van der Waals surface area contributed by atoms with E-state index in [1.807, 2.05) is 39.0 Å². The Bertz CT molecular complexity index is 580. The van der Waals surface area contributed by atoms with Crippen LogP contribution in [0.25, 0.3) is 0 Å². The Morgan fingerprint density at radius 3 is 2.33 bits per heavy atom. The molecule has 0 spiro atoms. The summed E-state index contributed by atoms with van der Waals surface area (Å²) in [5, 5.41) is 0.00437. The summed E-state index contributed by atoms with van der Waals surface area (Å²) in [4.78, 5) is 37.5. The molecular formula is C18H25NO4S. The third-order valence-electron chi connectivity index (χ3n) is 3.62. The fraction of sp³-hybridized carbons (Fsp3) is 0.500. The highest BCUT2D eigenvalue weighted by atomic mass is 32.2. The van der Waals surface area contributed by atoms with Crippen molar-refractivity contribution in [3.63, 3.8) is 0 Å². The van der Waals surface area contributed by atoms with Crippen molar-refractivity contribution in [1.82, 2.24) is 0 Å². The largest absolute Gasteiger partial charge is 0.468 e. The number of carbonyl (C=O) groups is 3. The molecule has 1 aromatic carbocycles. The highest BCUT2D eigenvalue weighted by Crippen LogP contribution is 2.25. The molecule has 0 unspecified atom stereocenters. The normalized spacial score (nSPS) is 10.3. The fourth-order valence-corrected chi connectivity index (χ4v) is 3.06. The van der Waals surface area contributed by atoms with Crippen molar-refractivity contribution in [2.45, 2.75) is 40.0 Å². The van der Waals surface area contributed by atoms with E-state index in [9.17, 15) is 14.4 Å². The number of unbranched alkanes of at least 4 members (excludes halogenated alkanes) is 1. The third-order valence-corrected chi connectivity index (χ3v) is 4.53. The molecule has 0 N–H and O–H groups in total. The number of hydrogen-bond acceptors (Lipinski definition) is 5. The zero-order valence-electron chi connectivity index (χ0n) is 14.8. The first-order valence-electron chi connectivity index (χ1n) is 7.99. The molecule has 0 fully saturated rings. The monoisotopic (exact) mass is 351 g/mol. The van der Waals surface area contributed by atoms with Gasteiger partial charge in [0, 0.05) is 6.42 Å². The molecule has 1 amide bonds. The molecule has 0 bridgehead atoms. The van der Waals surface area contributed by atoms with Crippen LogP contribution in [0.4, 0.5) is 5.69 Å². The first-order chi connectivity index (χ1) is 11.4. The summed E-state index contributed by atoms with van der Waals surface area (Å²) in [6.45, 7) is 5.63. The van der Waals surface area contributed by atoms with Gasteiger partial charge in [-0.15, -0.1) is 0 Å². The Morgan fingerprint density at radius 2 is 1.79 bits per heavy atom. The number of benzene rings is 1. The lowest BCUT2D eigenvalue weighted by Crippen LogP contribution is -2.38. The van der Waals surface area contributed by atoms with E-state index in [4.69, 9.17) is 4.74 Å². The van der Waals surface area contributed by atoms with Crippen molar-refractivity contribution in [2.75, 3.05) is 24.3 Å². The quantitative estimate of drug-likeness (QED) is 0.673. The molecule has 5 nitrogen and oxygen atoms in total. The number of hydrogen-bond donors (Lipinski definition) is 0. The van der Waals surface area contributed by atoms with E-state index in [2.05, 4.69) is 0 Å². The van der Waals surface area contributed by atoms with E-state index in [1.165, 1.54) is 12.0 Å². The van der Waals surface area contributed by atoms with Crippen molar-refractivity contribution < 1.29 is 19.1 Å². The van der Waals surface area contributed by atoms with Gasteiger partial charge in [-0.25, -0.2) is 0 Å². The second-order valence-corrected chi connectivity index (χ2v) is 6.59. The number of methoxy groups -OCH3 is 1. The molecule has 0 atom stereocenters. The highest BCUT2D eigenvalue weighted by molar-refractivity contribution is 8.14. The lowest BCUT2D eigenvalue weighted by Gasteiger charge is -2.25. The predicted molar refractivity (Wildman–Crippen MR) is 97.3 cm³/mol. The van der Waals surface area contributed by atoms with Crippen LogP contribution in [0.1, 0.15) is 37.3 Å². The van der Waals surface area contributed by atoms with Gasteiger partial charge in [0.05, 0.1) is 18.6 Å². The summed E-state index contributed by atoms with van der Waals surface area (Å²) in [5.74, 6) is -0.742. The van der Waals surface area contributed by atoms with Crippen molar-refractivity contribution in [3.8, 4) is 0 Å². The van der Waals surface area contributed by atoms with E-state index in [0.29, 0.717) is 12.1 Å². The van der Waals surface area contributed by atoms with Gasteiger partial charge in [-0.05, 0) is 31.4 Å². The van der Waals surface area contributed by atoms with Crippen molar-refractivity contribution in [3.05, 3.63) is 29.3 Å². The Hall–Kier alpha value is -1.82. The minimum Gasteiger partial charge on any atom is -0.468 e. The number of thioether (sulfide) groups is 1. The summed E-state index contributed by atoms with van der Waals surface area (Å²) >= 11 is 1.01. The van der Waals surface area contributed by atoms with Crippen LogP contribution in [-0.2, 0) is 19.1 Å². The molecule has 0 aliphatic rings. The zero-order valence-corrected chi connectivity index (χ0v) is 15.6. The van der Waals surface area contributed by atoms with Gasteiger partial charge in [0.2, 0.25) is 5.91 Å². The average Bonchev–Trinajstić information content (AvgIpc) is 2.56. The second kappa shape index (κ2) is 10.1. The maximum atomic E-state index is 12.6. The Morgan fingerprint density at radius 1 is 1.17 bits per heavy atom. The van der Waals surface area contributed by atoms with Crippen LogP contribution < -0.4 is 4.90 Å². The molecule has 6 heteroatoms. The summed E-state index contributed by atoms with van der Waals surface area (Å²) in [7, 11) is 1.29. The molecular weight excluding hydrogens is 326 g/mol. The van der Waals surface area contributed by atoms with Crippen LogP contribution in [-0.4, -0.2) is 36.4 Å². The summed E-state index contributed by atoms with van der Waals surface area (Å²) in [6.07, 6.45) is 2.23. The molecule has 24 heavy (non-hydrogen) atoms. The SMILES string of the molecule is CCCCC(=O)SCC(=O)N(CC(=O)OC)c1c(C)cccc1C. The minimum atomic E-state index is -0.492. The predicted octanol–water partition coefficient (Wildman–Crippen LogP) is 3.26. The zero-order chi connectivity index (χ0) is 18.1. The van der Waals surface area contributed by atoms with E-state index in [0.717, 1.165) is 35.7 Å². The lowest BCUT2D eigenvalue weighted by atomic mass is 10.1. The lowest BCUT2D eigenvalue weighted by molar-refractivity contribution is -0.139. The first kappa shape index (κ1) is 20.2. The van der Waals surface area contributed by atoms with Crippen LogP contribution in [0.5, 0.6) is 0 Å². The summed E-state index contributed by atoms with van der Waals surface area (Å²) in [6, 6.07) is 5.68. The maximum Gasteiger partial charge on any atom is 0.325 e. The number of anilines is 1. The number of amides is 1. The van der Waals surface area contributed by atoms with E-state index in [-0.39, 0.29) is 23.3 Å². The van der Waals surface area contributed by atoms with E-state index in [1.54, 1.807) is 0 Å². The second-order valence-electron chi connectivity index (χ2n) is 5.56. The molecule has 0 aliphatic heterocycles. The molecule has 0 aromatic heterocycles. The van der Waals surface area contributed by atoms with Gasteiger partial charge in [-0.2, -0.15) is 0 Å². The highest BCUT2D eigenvalue weighted by Gasteiger charge is 2.23. The third kappa shape index (κ3) is 6.00. The van der Waals surface area contributed by atoms with Crippen molar-refractivity contribution >= 4 is 34.4 Å². The molecule has 1 aromatic rings. The Kier molecular flexibility index (Phi) is 8.54. The van der Waals surface area contributed by atoms with Crippen molar-refractivity contribution in [2.24, 2.45) is 0 Å². The number of nitrogens with zero attached hydrogens (tertiary/aromatic N) is 1. The van der Waals surface area contributed by atoms with Crippen LogP contribution >= 0.6 is 11.8 Å². The van der Waals surface area contributed by atoms with Crippen LogP contribution in [0, 0.1) is 13.8 Å². The topological polar surface area (TPSA) is 63.7 Å². The molecule has 0 saturated carbocycles. The number of ether oxygens (including phenoxy) is 1. The van der Waals surface area contributed by atoms with Crippen molar-refractivity contribution in [1.29, 1.82) is 0 Å². The summed E-state index contributed by atoms with van der Waals surface area (Å²) in [5.41, 5.74) is 2.50. The van der Waals surface area contributed by atoms with Gasteiger partial charge >= 0.3 is 5.97 Å². The number of carbonyl (C=O) groups excluding carboxylic acids is 3. The number of aryl methyl sites for hydroxylation is 2.